The summed E-state index contributed by atoms with van der Waals surface area (Å²) < 4.78 is 13.5. The van der Waals surface area contributed by atoms with Crippen molar-refractivity contribution >= 4 is 22.6 Å². The van der Waals surface area contributed by atoms with Crippen LogP contribution in [0.4, 0.5) is 0 Å². The van der Waals surface area contributed by atoms with Crippen LogP contribution in [0.5, 0.6) is 5.75 Å². The van der Waals surface area contributed by atoms with Crippen LogP contribution in [0.15, 0.2) is 82.3 Å². The van der Waals surface area contributed by atoms with Crippen molar-refractivity contribution < 1.29 is 13.9 Å². The molecule has 5 aromatic rings. The van der Waals surface area contributed by atoms with Gasteiger partial charge in [-0.3, -0.25) is 19.4 Å². The molecule has 5 rings (SSSR count). The van der Waals surface area contributed by atoms with Gasteiger partial charge in [-0.05, 0) is 48.0 Å². The van der Waals surface area contributed by atoms with Gasteiger partial charge in [-0.1, -0.05) is 18.2 Å². The Bertz CT molecular complexity index is 1620. The summed E-state index contributed by atoms with van der Waals surface area (Å²) in [6.45, 7) is 0.408. The van der Waals surface area contributed by atoms with E-state index in [9.17, 15) is 9.59 Å². The SMILES string of the molecule is COc1ccc(Cn2c(=N)c(C(=O)NCc3ccco3)cc3c(=O)n4ccccc4nc32)cc1. The zero-order valence-corrected chi connectivity index (χ0v) is 18.3. The van der Waals surface area contributed by atoms with E-state index in [1.54, 1.807) is 48.2 Å². The Morgan fingerprint density at radius 1 is 1.15 bits per heavy atom. The molecule has 0 aliphatic heterocycles. The minimum atomic E-state index is -0.482. The van der Waals surface area contributed by atoms with E-state index in [1.165, 1.54) is 16.7 Å². The minimum absolute atomic E-state index is 0.0487. The van der Waals surface area contributed by atoms with E-state index < -0.39 is 5.91 Å². The molecule has 0 radical (unpaired) electrons. The molecule has 0 saturated heterocycles. The van der Waals surface area contributed by atoms with Crippen LogP contribution in [-0.2, 0) is 13.1 Å². The topological polar surface area (TPSA) is 115 Å². The molecule has 0 bridgehead atoms. The van der Waals surface area contributed by atoms with Gasteiger partial charge >= 0.3 is 0 Å². The molecule has 0 spiro atoms. The van der Waals surface area contributed by atoms with E-state index in [1.807, 2.05) is 24.3 Å². The largest absolute Gasteiger partial charge is 0.497 e. The van der Waals surface area contributed by atoms with Gasteiger partial charge in [0, 0.05) is 6.20 Å². The number of nitrogens with zero attached hydrogens (tertiary/aromatic N) is 3. The van der Waals surface area contributed by atoms with Crippen molar-refractivity contribution in [1.82, 2.24) is 19.3 Å². The van der Waals surface area contributed by atoms with Crippen molar-refractivity contribution in [3.8, 4) is 5.75 Å². The number of rotatable bonds is 6. The monoisotopic (exact) mass is 455 g/mol. The number of furan rings is 1. The van der Waals surface area contributed by atoms with E-state index in [4.69, 9.17) is 14.6 Å². The van der Waals surface area contributed by atoms with Gasteiger partial charge in [0.1, 0.15) is 28.3 Å². The van der Waals surface area contributed by atoms with Crippen molar-refractivity contribution in [2.75, 3.05) is 7.11 Å². The molecular formula is C25H21N5O4. The number of amides is 1. The van der Waals surface area contributed by atoms with Crippen LogP contribution in [0.1, 0.15) is 21.7 Å². The average Bonchev–Trinajstić information content (AvgIpc) is 3.39. The molecule has 0 fully saturated rings. The van der Waals surface area contributed by atoms with Crippen molar-refractivity contribution in [1.29, 1.82) is 5.41 Å². The lowest BCUT2D eigenvalue weighted by molar-refractivity contribution is 0.0945. The lowest BCUT2D eigenvalue weighted by Crippen LogP contribution is -2.35. The summed E-state index contributed by atoms with van der Waals surface area (Å²) >= 11 is 0. The molecule has 0 aliphatic carbocycles. The minimum Gasteiger partial charge on any atom is -0.497 e. The van der Waals surface area contributed by atoms with E-state index in [2.05, 4.69) is 10.3 Å². The molecule has 170 valence electrons. The second-order valence-electron chi connectivity index (χ2n) is 7.69. The van der Waals surface area contributed by atoms with Crippen LogP contribution in [0, 0.1) is 5.41 Å². The predicted molar refractivity (Wildman–Crippen MR) is 125 cm³/mol. The smallest absolute Gasteiger partial charge is 0.267 e. The molecular weight excluding hydrogens is 434 g/mol. The average molecular weight is 455 g/mol. The molecule has 4 heterocycles. The standard InChI is InChI=1S/C25H21N5O4/c1-33-17-9-7-16(8-10-17)15-30-22(26)19(24(31)27-14-18-5-4-12-34-18)13-20-23(30)28-21-6-2-3-11-29(21)25(20)32/h2-13,26H,14-15H2,1H3,(H,27,31). The quantitative estimate of drug-likeness (QED) is 0.382. The number of carbonyl (C=O) groups is 1. The van der Waals surface area contributed by atoms with E-state index in [-0.39, 0.29) is 35.1 Å². The van der Waals surface area contributed by atoms with Crippen LogP contribution in [0.3, 0.4) is 0 Å². The van der Waals surface area contributed by atoms with Gasteiger partial charge < -0.3 is 19.0 Å². The van der Waals surface area contributed by atoms with Crippen molar-refractivity contribution in [2.24, 2.45) is 0 Å². The lowest BCUT2D eigenvalue weighted by atomic mass is 10.1. The second-order valence-corrected chi connectivity index (χ2v) is 7.69. The third-order valence-corrected chi connectivity index (χ3v) is 5.57. The maximum Gasteiger partial charge on any atom is 0.267 e. The van der Waals surface area contributed by atoms with Gasteiger partial charge in [0.2, 0.25) is 0 Å². The summed E-state index contributed by atoms with van der Waals surface area (Å²) in [5.41, 5.74) is 1.36. The first-order chi connectivity index (χ1) is 16.5. The molecule has 34 heavy (non-hydrogen) atoms. The molecule has 0 aliphatic rings. The molecule has 1 aromatic carbocycles. The Balaban J connectivity index is 1.67. The van der Waals surface area contributed by atoms with E-state index >= 15 is 0 Å². The Morgan fingerprint density at radius 2 is 1.97 bits per heavy atom. The number of methoxy groups -OCH3 is 1. The molecule has 0 unspecified atom stereocenters. The Hall–Kier alpha value is -4.66. The summed E-state index contributed by atoms with van der Waals surface area (Å²) in [5, 5.41) is 11.8. The molecule has 4 aromatic heterocycles. The van der Waals surface area contributed by atoms with Gasteiger partial charge in [-0.2, -0.15) is 0 Å². The second kappa shape index (κ2) is 8.70. The number of aromatic nitrogens is 3. The summed E-state index contributed by atoms with van der Waals surface area (Å²) in [4.78, 5) is 31.0. The molecule has 9 heteroatoms. The zero-order chi connectivity index (χ0) is 23.7. The summed E-state index contributed by atoms with van der Waals surface area (Å²) in [5.74, 6) is 0.807. The van der Waals surface area contributed by atoms with E-state index in [0.29, 0.717) is 22.8 Å². The molecule has 9 nitrogen and oxygen atoms in total. The maximum atomic E-state index is 13.3. The van der Waals surface area contributed by atoms with E-state index in [0.717, 1.165) is 5.56 Å². The lowest BCUT2D eigenvalue weighted by Gasteiger charge is -2.15. The van der Waals surface area contributed by atoms with Gasteiger partial charge in [-0.15, -0.1) is 0 Å². The third-order valence-electron chi connectivity index (χ3n) is 5.57. The highest BCUT2D eigenvalue weighted by atomic mass is 16.5. The fraction of sp³-hybridized carbons (Fsp3) is 0.120. The van der Waals surface area contributed by atoms with Crippen LogP contribution in [0.25, 0.3) is 16.7 Å². The third kappa shape index (κ3) is 3.83. The van der Waals surface area contributed by atoms with Gasteiger partial charge in [0.15, 0.2) is 0 Å². The van der Waals surface area contributed by atoms with Crippen LogP contribution < -0.4 is 21.1 Å². The number of hydrogen-bond acceptors (Lipinski definition) is 6. The van der Waals surface area contributed by atoms with Crippen LogP contribution in [0.2, 0.25) is 0 Å². The highest BCUT2D eigenvalue weighted by Gasteiger charge is 2.18. The highest BCUT2D eigenvalue weighted by Crippen LogP contribution is 2.15. The number of pyridine rings is 2. The molecule has 1 amide bonds. The van der Waals surface area contributed by atoms with Crippen LogP contribution in [-0.4, -0.2) is 27.0 Å². The maximum absolute atomic E-state index is 13.3. The Morgan fingerprint density at radius 3 is 2.71 bits per heavy atom. The number of benzene rings is 1. The normalized spacial score (nSPS) is 11.1. The first-order valence-electron chi connectivity index (χ1n) is 10.6. The van der Waals surface area contributed by atoms with Crippen LogP contribution >= 0.6 is 0 Å². The van der Waals surface area contributed by atoms with Gasteiger partial charge in [-0.25, -0.2) is 4.98 Å². The molecule has 2 N–H and O–H groups in total. The first-order valence-corrected chi connectivity index (χ1v) is 10.6. The summed E-state index contributed by atoms with van der Waals surface area (Å²) in [7, 11) is 1.59. The summed E-state index contributed by atoms with van der Waals surface area (Å²) in [6, 6.07) is 17.5. The van der Waals surface area contributed by atoms with Gasteiger partial charge in [0.25, 0.3) is 11.5 Å². The highest BCUT2D eigenvalue weighted by molar-refractivity contribution is 5.96. The summed E-state index contributed by atoms with van der Waals surface area (Å²) in [6.07, 6.45) is 3.15. The number of ether oxygens (including phenoxy) is 1. The molecule has 0 atom stereocenters. The fourth-order valence-electron chi connectivity index (χ4n) is 3.80. The number of fused-ring (bicyclic) bond motifs is 2. The predicted octanol–water partition coefficient (Wildman–Crippen LogP) is 2.71. The fourth-order valence-corrected chi connectivity index (χ4v) is 3.80. The van der Waals surface area contributed by atoms with Crippen molar-refractivity contribution in [3.05, 3.63) is 106 Å². The van der Waals surface area contributed by atoms with Crippen molar-refractivity contribution in [2.45, 2.75) is 13.1 Å². The molecule has 0 saturated carbocycles. The van der Waals surface area contributed by atoms with Gasteiger partial charge in [0.05, 0.1) is 37.4 Å². The van der Waals surface area contributed by atoms with Crippen molar-refractivity contribution in [3.63, 3.8) is 0 Å². The Kier molecular flexibility index (Phi) is 5.43. The first kappa shape index (κ1) is 21.2. The number of carbonyl (C=O) groups excluding carboxylic acids is 1. The zero-order valence-electron chi connectivity index (χ0n) is 18.3. The number of nitrogens with one attached hydrogen (secondary N) is 2. The Labute approximate surface area is 193 Å². The number of hydrogen-bond donors (Lipinski definition) is 2.